The molecule has 2 amide bonds. The molecule has 0 aliphatic carbocycles. The SMILES string of the molecule is CC(C)(C)OC(=O)N1C[C@H]2CC1COc1cccc(c1)-c1cnc(N)c(n1)C(=O)Nc1cnccc1O2. The lowest BCUT2D eigenvalue weighted by atomic mass is 10.1. The van der Waals surface area contributed by atoms with Crippen molar-refractivity contribution in [2.24, 2.45) is 0 Å². The molecule has 6 bridgehead atoms. The van der Waals surface area contributed by atoms with Gasteiger partial charge in [-0.25, -0.2) is 14.8 Å². The molecule has 4 heterocycles. The molecule has 192 valence electrons. The number of amides is 2. The number of carbonyl (C=O) groups excluding carboxylic acids is 2. The summed E-state index contributed by atoms with van der Waals surface area (Å²) in [5.74, 6) is 0.426. The molecular weight excluding hydrogens is 476 g/mol. The van der Waals surface area contributed by atoms with Crippen LogP contribution in [0, 0.1) is 0 Å². The Hall–Kier alpha value is -4.41. The van der Waals surface area contributed by atoms with Crippen molar-refractivity contribution in [1.29, 1.82) is 0 Å². The smallest absolute Gasteiger partial charge is 0.410 e. The Morgan fingerprint density at radius 3 is 2.89 bits per heavy atom. The monoisotopic (exact) mass is 504 g/mol. The maximum absolute atomic E-state index is 13.1. The van der Waals surface area contributed by atoms with Gasteiger partial charge in [-0.1, -0.05) is 12.1 Å². The first-order valence-electron chi connectivity index (χ1n) is 11.9. The maximum Gasteiger partial charge on any atom is 0.410 e. The molecule has 0 spiro atoms. The van der Waals surface area contributed by atoms with Crippen molar-refractivity contribution in [3.63, 3.8) is 0 Å². The second kappa shape index (κ2) is 9.57. The number of rotatable bonds is 0. The van der Waals surface area contributed by atoms with E-state index in [-0.39, 0.29) is 36.8 Å². The van der Waals surface area contributed by atoms with E-state index < -0.39 is 17.6 Å². The zero-order chi connectivity index (χ0) is 26.2. The summed E-state index contributed by atoms with van der Waals surface area (Å²) in [5.41, 5.74) is 6.81. The summed E-state index contributed by atoms with van der Waals surface area (Å²) in [6.45, 7) is 6.00. The number of carbonyl (C=O) groups is 2. The van der Waals surface area contributed by atoms with E-state index in [1.165, 1.54) is 12.4 Å². The molecule has 1 aromatic carbocycles. The Balaban J connectivity index is 1.54. The Morgan fingerprint density at radius 2 is 2.08 bits per heavy atom. The molecule has 0 radical (unpaired) electrons. The fourth-order valence-corrected chi connectivity index (χ4v) is 4.24. The van der Waals surface area contributed by atoms with E-state index in [0.717, 1.165) is 0 Å². The molecule has 37 heavy (non-hydrogen) atoms. The second-order valence-electron chi connectivity index (χ2n) is 9.92. The summed E-state index contributed by atoms with van der Waals surface area (Å²) in [6, 6.07) is 8.63. The molecule has 3 N–H and O–H groups in total. The van der Waals surface area contributed by atoms with Crippen molar-refractivity contribution in [2.75, 3.05) is 24.2 Å². The third-order valence-electron chi connectivity index (χ3n) is 5.92. The molecule has 2 aliphatic heterocycles. The highest BCUT2D eigenvalue weighted by atomic mass is 16.6. The predicted octanol–water partition coefficient (Wildman–Crippen LogP) is 3.52. The van der Waals surface area contributed by atoms with Gasteiger partial charge in [0.15, 0.2) is 11.5 Å². The van der Waals surface area contributed by atoms with Gasteiger partial charge in [-0.3, -0.25) is 14.7 Å². The van der Waals surface area contributed by atoms with E-state index in [1.807, 2.05) is 39.0 Å². The zero-order valence-electron chi connectivity index (χ0n) is 20.8. The van der Waals surface area contributed by atoms with Crippen LogP contribution in [0.2, 0.25) is 0 Å². The van der Waals surface area contributed by atoms with E-state index in [9.17, 15) is 9.59 Å². The van der Waals surface area contributed by atoms with Crippen LogP contribution in [-0.4, -0.2) is 62.8 Å². The Bertz CT molecular complexity index is 1340. The molecule has 11 heteroatoms. The lowest BCUT2D eigenvalue weighted by Gasteiger charge is -2.28. The van der Waals surface area contributed by atoms with Crippen LogP contribution in [0.15, 0.2) is 48.9 Å². The van der Waals surface area contributed by atoms with E-state index in [4.69, 9.17) is 19.9 Å². The van der Waals surface area contributed by atoms with E-state index in [1.54, 1.807) is 23.2 Å². The van der Waals surface area contributed by atoms with Crippen molar-refractivity contribution >= 4 is 23.5 Å². The topological polar surface area (TPSA) is 142 Å². The molecule has 1 fully saturated rings. The first kappa shape index (κ1) is 24.3. The highest BCUT2D eigenvalue weighted by molar-refractivity contribution is 6.06. The number of nitrogens with two attached hydrogens (primary N) is 1. The Morgan fingerprint density at radius 1 is 1.24 bits per heavy atom. The van der Waals surface area contributed by atoms with Gasteiger partial charge >= 0.3 is 6.09 Å². The molecule has 0 saturated carbocycles. The van der Waals surface area contributed by atoms with Crippen LogP contribution in [0.25, 0.3) is 11.3 Å². The van der Waals surface area contributed by atoms with Gasteiger partial charge in [0.1, 0.15) is 35.5 Å². The van der Waals surface area contributed by atoms with Crippen LogP contribution in [0.1, 0.15) is 37.7 Å². The maximum atomic E-state index is 13.1. The number of ether oxygens (including phenoxy) is 3. The van der Waals surface area contributed by atoms with Gasteiger partial charge in [0.2, 0.25) is 0 Å². The van der Waals surface area contributed by atoms with Crippen LogP contribution in [0.4, 0.5) is 16.3 Å². The van der Waals surface area contributed by atoms with Crippen molar-refractivity contribution in [3.05, 3.63) is 54.6 Å². The molecule has 3 aromatic rings. The quantitative estimate of drug-likeness (QED) is 0.470. The number of nitrogens with one attached hydrogen (secondary N) is 1. The predicted molar refractivity (Wildman–Crippen MR) is 135 cm³/mol. The zero-order valence-corrected chi connectivity index (χ0v) is 20.8. The minimum atomic E-state index is -0.649. The van der Waals surface area contributed by atoms with Crippen molar-refractivity contribution in [2.45, 2.75) is 44.9 Å². The number of anilines is 2. The van der Waals surface area contributed by atoms with Gasteiger partial charge in [-0.05, 0) is 32.9 Å². The fourth-order valence-electron chi connectivity index (χ4n) is 4.24. The first-order chi connectivity index (χ1) is 17.7. The molecular formula is C26H28N6O5. The number of hydrogen-bond donors (Lipinski definition) is 2. The lowest BCUT2D eigenvalue weighted by molar-refractivity contribution is 0.0176. The number of hydrogen-bond acceptors (Lipinski definition) is 9. The number of nitrogen functional groups attached to an aromatic ring is 1. The largest absolute Gasteiger partial charge is 0.491 e. The summed E-state index contributed by atoms with van der Waals surface area (Å²) < 4.78 is 18.0. The van der Waals surface area contributed by atoms with Crippen LogP contribution >= 0.6 is 0 Å². The highest BCUT2D eigenvalue weighted by Gasteiger charge is 2.39. The Labute approximate surface area is 214 Å². The third kappa shape index (κ3) is 5.40. The average Bonchev–Trinajstić information content (AvgIpc) is 3.26. The number of likely N-dealkylation sites (tertiary alicyclic amines) is 1. The summed E-state index contributed by atoms with van der Waals surface area (Å²) in [4.78, 5) is 40.5. The molecule has 11 nitrogen and oxygen atoms in total. The van der Waals surface area contributed by atoms with Crippen molar-refractivity contribution in [1.82, 2.24) is 19.9 Å². The summed E-state index contributed by atoms with van der Waals surface area (Å²) in [6.07, 6.45) is 4.24. The molecule has 2 aliphatic rings. The molecule has 2 aromatic heterocycles. The van der Waals surface area contributed by atoms with Gasteiger partial charge in [-0.15, -0.1) is 0 Å². The standard InChI is InChI=1S/C26H28N6O5/c1-26(2,3)37-25(34)32-13-18-10-16(32)14-35-17-6-4-5-15(9-17)19-12-29-23(27)22(30-19)24(33)31-20-11-28-8-7-21(20)36-18/h4-9,11-12,16,18H,10,13-14H2,1-3H3,(H2,27,29)(H,31,33)/t16?,18-/m1/s1. The lowest BCUT2D eigenvalue weighted by Crippen LogP contribution is -2.42. The van der Waals surface area contributed by atoms with Gasteiger partial charge in [-0.2, -0.15) is 0 Å². The van der Waals surface area contributed by atoms with Crippen LogP contribution < -0.4 is 20.5 Å². The van der Waals surface area contributed by atoms with Gasteiger partial charge < -0.3 is 25.3 Å². The first-order valence-corrected chi connectivity index (χ1v) is 11.9. The average molecular weight is 505 g/mol. The van der Waals surface area contributed by atoms with E-state index in [2.05, 4.69) is 20.3 Å². The number of pyridine rings is 1. The molecule has 2 atom stereocenters. The molecule has 1 unspecified atom stereocenters. The molecule has 5 rings (SSSR count). The number of nitrogens with zero attached hydrogens (tertiary/aromatic N) is 4. The van der Waals surface area contributed by atoms with Gasteiger partial charge in [0.05, 0.1) is 30.7 Å². The number of aromatic nitrogens is 3. The third-order valence-corrected chi connectivity index (χ3v) is 5.92. The van der Waals surface area contributed by atoms with Gasteiger partial charge in [0.25, 0.3) is 5.91 Å². The van der Waals surface area contributed by atoms with Gasteiger partial charge in [0, 0.05) is 24.2 Å². The van der Waals surface area contributed by atoms with Crippen molar-refractivity contribution in [3.8, 4) is 22.8 Å². The van der Waals surface area contributed by atoms with Crippen LogP contribution in [-0.2, 0) is 4.74 Å². The van der Waals surface area contributed by atoms with Crippen LogP contribution in [0.3, 0.4) is 0 Å². The minimum Gasteiger partial charge on any atom is -0.491 e. The number of benzene rings is 1. The fraction of sp³-hybridized carbons (Fsp3) is 0.346. The highest BCUT2D eigenvalue weighted by Crippen LogP contribution is 2.31. The summed E-state index contributed by atoms with van der Waals surface area (Å²) in [7, 11) is 0. The second-order valence-corrected chi connectivity index (χ2v) is 9.92. The normalized spacial score (nSPS) is 19.2. The molecule has 1 saturated heterocycles. The minimum absolute atomic E-state index is 0.00670. The summed E-state index contributed by atoms with van der Waals surface area (Å²) in [5, 5.41) is 2.78. The van der Waals surface area contributed by atoms with Crippen molar-refractivity contribution < 1.29 is 23.8 Å². The Kier molecular flexibility index (Phi) is 6.28. The van der Waals surface area contributed by atoms with Crippen LogP contribution in [0.5, 0.6) is 11.5 Å². The van der Waals surface area contributed by atoms with E-state index in [0.29, 0.717) is 34.9 Å². The van der Waals surface area contributed by atoms with E-state index >= 15 is 0 Å². The summed E-state index contributed by atoms with van der Waals surface area (Å²) >= 11 is 0. The number of fused-ring (bicyclic) bond motifs is 8.